The minimum absolute atomic E-state index is 0.223. The van der Waals surface area contributed by atoms with Crippen molar-refractivity contribution in [1.29, 1.82) is 0 Å². The van der Waals surface area contributed by atoms with Gasteiger partial charge in [-0.3, -0.25) is 9.59 Å². The topological polar surface area (TPSA) is 88.0 Å². The lowest BCUT2D eigenvalue weighted by atomic mass is 9.93. The van der Waals surface area contributed by atoms with Crippen molar-refractivity contribution >= 4 is 29.0 Å². The molecule has 1 atom stereocenters. The molecule has 0 unspecified atom stereocenters. The van der Waals surface area contributed by atoms with Crippen molar-refractivity contribution in [3.8, 4) is 0 Å². The molecule has 1 aromatic heterocycles. The van der Waals surface area contributed by atoms with E-state index < -0.39 is 6.04 Å². The highest BCUT2D eigenvalue weighted by molar-refractivity contribution is 6.09. The third kappa shape index (κ3) is 4.83. The van der Waals surface area contributed by atoms with Gasteiger partial charge in [0, 0.05) is 17.1 Å². The number of nitrogens with zero attached hydrogens (tertiary/aromatic N) is 2. The highest BCUT2D eigenvalue weighted by Gasteiger charge is 2.35. The molecule has 3 aromatic carbocycles. The zero-order chi connectivity index (χ0) is 27.0. The van der Waals surface area contributed by atoms with Crippen molar-refractivity contribution in [2.75, 3.05) is 16.0 Å². The minimum atomic E-state index is -0.515. The van der Waals surface area contributed by atoms with E-state index in [1.165, 1.54) is 0 Å². The molecule has 5 rings (SSSR count). The van der Waals surface area contributed by atoms with Gasteiger partial charge in [-0.15, -0.1) is 0 Å². The number of anilines is 3. The van der Waals surface area contributed by atoms with Gasteiger partial charge < -0.3 is 16.0 Å². The fourth-order valence-electron chi connectivity index (χ4n) is 4.75. The number of carbonyl (C=O) groups is 2. The van der Waals surface area contributed by atoms with Crippen molar-refractivity contribution in [2.45, 2.75) is 40.7 Å². The van der Waals surface area contributed by atoms with E-state index in [1.54, 1.807) is 10.9 Å². The monoisotopic (exact) mass is 505 g/mol. The Bertz CT molecular complexity index is 1560. The maximum atomic E-state index is 13.8. The Labute approximate surface area is 222 Å². The Kier molecular flexibility index (Phi) is 6.59. The second-order valence-corrected chi connectivity index (χ2v) is 9.92. The molecule has 0 fully saturated rings. The molecule has 0 aliphatic carbocycles. The van der Waals surface area contributed by atoms with Crippen LogP contribution < -0.4 is 16.0 Å². The number of hydrogen-bond donors (Lipinski definition) is 3. The van der Waals surface area contributed by atoms with E-state index in [0.717, 1.165) is 33.5 Å². The first-order valence-electron chi connectivity index (χ1n) is 12.6. The van der Waals surface area contributed by atoms with Crippen molar-refractivity contribution in [3.05, 3.63) is 118 Å². The normalized spacial score (nSPS) is 14.5. The van der Waals surface area contributed by atoms with Crippen LogP contribution in [-0.4, -0.2) is 21.6 Å². The van der Waals surface area contributed by atoms with Crippen LogP contribution in [0.3, 0.4) is 0 Å². The van der Waals surface area contributed by atoms with Crippen LogP contribution in [0.2, 0.25) is 0 Å². The first-order chi connectivity index (χ1) is 18.2. The second kappa shape index (κ2) is 10.0. The number of aromatic nitrogens is 2. The number of benzene rings is 3. The molecule has 0 bridgehead atoms. The standard InChI is InChI=1S/C31H31N5O2/c1-18-6-11-23(12-7-18)28-27(31(38)35-26-15-10-20(3)16-21(26)4)22(5)33-29-25(17-32-36(28)29)30(37)34-24-13-8-19(2)9-14-24/h6-17,28,33H,1-5H3,(H,34,37)(H,35,38)/t28-/m0/s1. The number of allylic oxidation sites excluding steroid dienone is 1. The zero-order valence-electron chi connectivity index (χ0n) is 22.2. The molecule has 0 spiro atoms. The van der Waals surface area contributed by atoms with Gasteiger partial charge in [0.15, 0.2) is 0 Å². The summed E-state index contributed by atoms with van der Waals surface area (Å²) in [5.41, 5.74) is 8.30. The summed E-state index contributed by atoms with van der Waals surface area (Å²) in [7, 11) is 0. The number of hydrogen-bond acceptors (Lipinski definition) is 4. The summed E-state index contributed by atoms with van der Waals surface area (Å²) in [6, 6.07) is 21.1. The molecule has 192 valence electrons. The SMILES string of the molecule is CC1=C(C(=O)Nc2ccc(C)cc2C)[C@H](c2ccc(C)cc2)n2ncc(C(=O)Nc3ccc(C)cc3)c2N1. The fourth-order valence-corrected chi connectivity index (χ4v) is 4.75. The van der Waals surface area contributed by atoms with Crippen LogP contribution in [0.5, 0.6) is 0 Å². The largest absolute Gasteiger partial charge is 0.343 e. The van der Waals surface area contributed by atoms with Crippen molar-refractivity contribution in [3.63, 3.8) is 0 Å². The van der Waals surface area contributed by atoms with Crippen LogP contribution in [0.4, 0.5) is 17.2 Å². The van der Waals surface area contributed by atoms with Crippen molar-refractivity contribution in [1.82, 2.24) is 9.78 Å². The Morgan fingerprint density at radius 3 is 2.08 bits per heavy atom. The van der Waals surface area contributed by atoms with Gasteiger partial charge in [-0.25, -0.2) is 4.68 Å². The molecule has 2 amide bonds. The average Bonchev–Trinajstić information content (AvgIpc) is 3.30. The van der Waals surface area contributed by atoms with E-state index in [0.29, 0.717) is 28.3 Å². The van der Waals surface area contributed by atoms with Crippen molar-refractivity contribution < 1.29 is 9.59 Å². The van der Waals surface area contributed by atoms with Gasteiger partial charge in [-0.1, -0.05) is 65.2 Å². The Morgan fingerprint density at radius 2 is 1.42 bits per heavy atom. The van der Waals surface area contributed by atoms with Gasteiger partial charge in [0.05, 0.1) is 11.8 Å². The van der Waals surface area contributed by atoms with Crippen LogP contribution in [0.25, 0.3) is 0 Å². The lowest BCUT2D eigenvalue weighted by Gasteiger charge is -2.30. The molecule has 7 nitrogen and oxygen atoms in total. The predicted octanol–water partition coefficient (Wildman–Crippen LogP) is 6.30. The van der Waals surface area contributed by atoms with Crippen LogP contribution in [-0.2, 0) is 4.79 Å². The van der Waals surface area contributed by atoms with Gasteiger partial charge in [0.25, 0.3) is 11.8 Å². The van der Waals surface area contributed by atoms with E-state index in [2.05, 4.69) is 21.0 Å². The minimum Gasteiger partial charge on any atom is -0.343 e. The molecule has 1 aliphatic heterocycles. The third-order valence-electron chi connectivity index (χ3n) is 6.85. The number of rotatable bonds is 5. The Balaban J connectivity index is 1.53. The molecule has 38 heavy (non-hydrogen) atoms. The van der Waals surface area contributed by atoms with Gasteiger partial charge in [0.2, 0.25) is 0 Å². The molecule has 4 aromatic rings. The van der Waals surface area contributed by atoms with Gasteiger partial charge in [-0.05, 0) is 63.9 Å². The summed E-state index contributed by atoms with van der Waals surface area (Å²) in [5, 5.41) is 13.9. The van der Waals surface area contributed by atoms with Gasteiger partial charge in [-0.2, -0.15) is 5.10 Å². The molecule has 7 heteroatoms. The van der Waals surface area contributed by atoms with E-state index >= 15 is 0 Å². The molecule has 0 saturated carbocycles. The van der Waals surface area contributed by atoms with Crippen molar-refractivity contribution in [2.24, 2.45) is 0 Å². The highest BCUT2D eigenvalue weighted by atomic mass is 16.2. The average molecular weight is 506 g/mol. The smallest absolute Gasteiger partial charge is 0.261 e. The maximum absolute atomic E-state index is 13.8. The fraction of sp³-hybridized carbons (Fsp3) is 0.194. The van der Waals surface area contributed by atoms with Gasteiger partial charge in [0.1, 0.15) is 17.4 Å². The maximum Gasteiger partial charge on any atom is 0.261 e. The summed E-state index contributed by atoms with van der Waals surface area (Å²) in [4.78, 5) is 27.0. The first-order valence-corrected chi connectivity index (χ1v) is 12.6. The first kappa shape index (κ1) is 25.0. The molecular weight excluding hydrogens is 474 g/mol. The summed E-state index contributed by atoms with van der Waals surface area (Å²) in [6.07, 6.45) is 1.55. The quantitative estimate of drug-likeness (QED) is 0.297. The predicted molar refractivity (Wildman–Crippen MR) is 152 cm³/mol. The second-order valence-electron chi connectivity index (χ2n) is 9.92. The molecule has 0 saturated heterocycles. The Morgan fingerprint density at radius 1 is 0.789 bits per heavy atom. The third-order valence-corrected chi connectivity index (χ3v) is 6.85. The van der Waals surface area contributed by atoms with Crippen LogP contribution in [0.1, 0.15) is 51.1 Å². The molecule has 2 heterocycles. The molecule has 1 aliphatic rings. The van der Waals surface area contributed by atoms with E-state index in [9.17, 15) is 9.59 Å². The number of carbonyl (C=O) groups excluding carboxylic acids is 2. The number of amides is 2. The summed E-state index contributed by atoms with van der Waals surface area (Å²) in [5.74, 6) is 0.0429. The summed E-state index contributed by atoms with van der Waals surface area (Å²) in [6.45, 7) is 9.88. The molecule has 0 radical (unpaired) electrons. The van der Waals surface area contributed by atoms with Crippen LogP contribution in [0, 0.1) is 27.7 Å². The highest BCUT2D eigenvalue weighted by Crippen LogP contribution is 2.38. The number of nitrogens with one attached hydrogen (secondary N) is 3. The molecule has 3 N–H and O–H groups in total. The number of fused-ring (bicyclic) bond motifs is 1. The number of aryl methyl sites for hydroxylation is 4. The molecular formula is C31H31N5O2. The zero-order valence-corrected chi connectivity index (χ0v) is 22.2. The van der Waals surface area contributed by atoms with Gasteiger partial charge >= 0.3 is 0 Å². The lowest BCUT2D eigenvalue weighted by Crippen LogP contribution is -2.32. The summed E-state index contributed by atoms with van der Waals surface area (Å²) >= 11 is 0. The van der Waals surface area contributed by atoms with E-state index in [-0.39, 0.29) is 11.8 Å². The van der Waals surface area contributed by atoms with Crippen LogP contribution >= 0.6 is 0 Å². The van der Waals surface area contributed by atoms with Crippen LogP contribution in [0.15, 0.2) is 84.2 Å². The Hall–Kier alpha value is -4.65. The van der Waals surface area contributed by atoms with E-state index in [1.807, 2.05) is 101 Å². The van der Waals surface area contributed by atoms with E-state index in [4.69, 9.17) is 0 Å². The lowest BCUT2D eigenvalue weighted by molar-refractivity contribution is -0.113. The summed E-state index contributed by atoms with van der Waals surface area (Å²) < 4.78 is 1.72.